The molecule has 0 aliphatic rings. The minimum atomic E-state index is -0.865. The minimum Gasteiger partial charge on any atom is -0.461 e. The first-order valence-corrected chi connectivity index (χ1v) is 15.1. The van der Waals surface area contributed by atoms with Crippen LogP contribution in [0.2, 0.25) is 0 Å². The van der Waals surface area contributed by atoms with Crippen LogP contribution in [0.3, 0.4) is 0 Å². The zero-order chi connectivity index (χ0) is 30.2. The Morgan fingerprint density at radius 3 is 1.39 bits per heavy atom. The van der Waals surface area contributed by atoms with Crippen LogP contribution in [0.15, 0.2) is 85.1 Å². The quantitative estimate of drug-likeness (QED) is 0.0659. The van der Waals surface area contributed by atoms with Crippen molar-refractivity contribution < 1.29 is 28.6 Å². The van der Waals surface area contributed by atoms with Crippen molar-refractivity contribution in [1.29, 1.82) is 0 Å². The Labute approximate surface area is 248 Å². The summed E-state index contributed by atoms with van der Waals surface area (Å²) in [6, 6.07) is 0. The molecule has 0 spiro atoms. The summed E-state index contributed by atoms with van der Waals surface area (Å²) in [5.74, 6) is -1.31. The Morgan fingerprint density at radius 1 is 0.512 bits per heavy atom. The van der Waals surface area contributed by atoms with Crippen molar-refractivity contribution in [3.8, 4) is 0 Å². The number of ether oxygens (including phenoxy) is 3. The van der Waals surface area contributed by atoms with E-state index in [0.717, 1.165) is 51.4 Å². The fraction of sp³-hybridized carbons (Fsp3) is 0.514. The number of hydrogen-bond acceptors (Lipinski definition) is 6. The highest BCUT2D eigenvalue weighted by Gasteiger charge is 2.18. The second kappa shape index (κ2) is 29.6. The summed E-state index contributed by atoms with van der Waals surface area (Å²) in [7, 11) is 0. The third-order valence-electron chi connectivity index (χ3n) is 5.42. The van der Waals surface area contributed by atoms with Crippen LogP contribution >= 0.6 is 0 Å². The summed E-state index contributed by atoms with van der Waals surface area (Å²) in [5, 5.41) is 0. The number of allylic oxidation sites excluding steroid dienone is 12. The van der Waals surface area contributed by atoms with Crippen LogP contribution in [0, 0.1) is 0 Å². The highest BCUT2D eigenvalue weighted by molar-refractivity contribution is 5.72. The van der Waals surface area contributed by atoms with Crippen molar-refractivity contribution >= 4 is 17.9 Å². The largest absolute Gasteiger partial charge is 0.461 e. The number of rotatable bonds is 24. The van der Waals surface area contributed by atoms with Gasteiger partial charge in [0.2, 0.25) is 0 Å². The predicted octanol–water partition coefficient (Wildman–Crippen LogP) is 8.62. The van der Waals surface area contributed by atoms with Gasteiger partial charge in [-0.25, -0.2) is 0 Å². The van der Waals surface area contributed by atoms with E-state index in [-0.39, 0.29) is 32.5 Å². The zero-order valence-corrected chi connectivity index (χ0v) is 25.5. The highest BCUT2D eigenvalue weighted by Crippen LogP contribution is 2.05. The molecule has 0 aromatic carbocycles. The van der Waals surface area contributed by atoms with Crippen molar-refractivity contribution in [2.24, 2.45) is 0 Å². The number of hydrogen-bond donors (Lipinski definition) is 0. The average Bonchev–Trinajstić information content (AvgIpc) is 2.96. The van der Waals surface area contributed by atoms with Gasteiger partial charge in [-0.2, -0.15) is 0 Å². The molecule has 0 aromatic rings. The van der Waals surface area contributed by atoms with Crippen molar-refractivity contribution in [2.75, 3.05) is 13.2 Å². The summed E-state index contributed by atoms with van der Waals surface area (Å²) in [4.78, 5) is 36.7. The standard InChI is InChI=1S/C35H52O6/c1-4-7-10-13-16-17-20-22-25-28-34(37)40-31-32(41-35(38)29-26-23-19-15-12-9-6-3)30-39-33(36)27-24-21-18-14-11-8-5-2/h7,9-12,14,16-17,19,21-25,32H,4-6,8,13,15,18,20,26-31H2,1-3H3/b10-7-,12-9-,14-11-,17-16-,23-19?,24-21-,25-22-. The number of carbonyl (C=O) groups excluding carboxylic acids is 3. The minimum absolute atomic E-state index is 0.110. The van der Waals surface area contributed by atoms with E-state index in [2.05, 4.69) is 63.3 Å². The first-order valence-electron chi connectivity index (χ1n) is 15.1. The third-order valence-corrected chi connectivity index (χ3v) is 5.42. The van der Waals surface area contributed by atoms with E-state index in [4.69, 9.17) is 14.2 Å². The topological polar surface area (TPSA) is 78.9 Å². The number of unbranched alkanes of at least 4 members (excludes halogenated alkanes) is 1. The first-order chi connectivity index (χ1) is 20.0. The van der Waals surface area contributed by atoms with E-state index < -0.39 is 24.0 Å². The third kappa shape index (κ3) is 27.9. The van der Waals surface area contributed by atoms with Crippen LogP contribution in [-0.2, 0) is 28.6 Å². The van der Waals surface area contributed by atoms with Crippen LogP contribution < -0.4 is 0 Å². The second-order valence-corrected chi connectivity index (χ2v) is 9.27. The Kier molecular flexibility index (Phi) is 27.1. The van der Waals surface area contributed by atoms with Crippen LogP contribution in [0.25, 0.3) is 0 Å². The van der Waals surface area contributed by atoms with E-state index in [1.807, 2.05) is 30.4 Å². The second-order valence-electron chi connectivity index (χ2n) is 9.27. The molecule has 0 rings (SSSR count). The van der Waals surface area contributed by atoms with Crippen LogP contribution in [0.1, 0.15) is 97.8 Å². The Morgan fingerprint density at radius 2 is 0.927 bits per heavy atom. The fourth-order valence-electron chi connectivity index (χ4n) is 3.23. The lowest BCUT2D eigenvalue weighted by atomic mass is 10.2. The molecule has 6 nitrogen and oxygen atoms in total. The molecule has 0 heterocycles. The van der Waals surface area contributed by atoms with Crippen molar-refractivity contribution in [1.82, 2.24) is 0 Å². The predicted molar refractivity (Wildman–Crippen MR) is 168 cm³/mol. The molecule has 1 unspecified atom stereocenters. The van der Waals surface area contributed by atoms with E-state index in [9.17, 15) is 14.4 Å². The lowest BCUT2D eigenvalue weighted by molar-refractivity contribution is -0.166. The van der Waals surface area contributed by atoms with Crippen LogP contribution in [0.5, 0.6) is 0 Å². The maximum absolute atomic E-state index is 12.4. The molecule has 0 aromatic heterocycles. The molecule has 41 heavy (non-hydrogen) atoms. The summed E-state index contributed by atoms with van der Waals surface area (Å²) in [6.45, 7) is 5.95. The number of carbonyl (C=O) groups is 3. The zero-order valence-electron chi connectivity index (χ0n) is 25.5. The van der Waals surface area contributed by atoms with Gasteiger partial charge in [0.1, 0.15) is 13.2 Å². The molecule has 0 radical (unpaired) electrons. The average molecular weight is 569 g/mol. The summed E-state index contributed by atoms with van der Waals surface area (Å²) < 4.78 is 16.1. The van der Waals surface area contributed by atoms with E-state index in [0.29, 0.717) is 6.42 Å². The van der Waals surface area contributed by atoms with Gasteiger partial charge in [0.15, 0.2) is 6.10 Å². The van der Waals surface area contributed by atoms with Crippen molar-refractivity contribution in [2.45, 2.75) is 104 Å². The molecule has 0 saturated heterocycles. The molecular weight excluding hydrogens is 516 g/mol. The van der Waals surface area contributed by atoms with Crippen LogP contribution in [-0.4, -0.2) is 37.2 Å². The summed E-state index contributed by atoms with van der Waals surface area (Å²) in [5.41, 5.74) is 0. The fourth-order valence-corrected chi connectivity index (χ4v) is 3.23. The Hall–Kier alpha value is -3.41. The maximum Gasteiger partial charge on any atom is 0.309 e. The molecule has 1 atom stereocenters. The van der Waals surface area contributed by atoms with Crippen molar-refractivity contribution in [3.05, 3.63) is 85.1 Å². The van der Waals surface area contributed by atoms with Crippen molar-refractivity contribution in [3.63, 3.8) is 0 Å². The van der Waals surface area contributed by atoms with Gasteiger partial charge in [-0.3, -0.25) is 14.4 Å². The van der Waals surface area contributed by atoms with E-state index in [1.54, 1.807) is 12.2 Å². The van der Waals surface area contributed by atoms with Gasteiger partial charge in [-0.1, -0.05) is 112 Å². The smallest absolute Gasteiger partial charge is 0.309 e. The SMILES string of the molecule is CC/C=C\CC=CCCC(=O)OC(COC(=O)C/C=C\C/C=C\C/C=C\CC)COC(=O)C/C=C\C/C=C\CCC. The van der Waals surface area contributed by atoms with Gasteiger partial charge in [0, 0.05) is 6.42 Å². The molecule has 0 aliphatic carbocycles. The van der Waals surface area contributed by atoms with Gasteiger partial charge < -0.3 is 14.2 Å². The molecular formula is C35H52O6. The lowest BCUT2D eigenvalue weighted by Crippen LogP contribution is -2.30. The molecule has 6 heteroatoms. The van der Waals surface area contributed by atoms with Gasteiger partial charge in [-0.05, 0) is 51.4 Å². The van der Waals surface area contributed by atoms with Gasteiger partial charge in [-0.15, -0.1) is 0 Å². The Balaban J connectivity index is 4.68. The Bertz CT molecular complexity index is 888. The van der Waals surface area contributed by atoms with Crippen LogP contribution in [0.4, 0.5) is 0 Å². The molecule has 0 N–H and O–H groups in total. The monoisotopic (exact) mass is 568 g/mol. The highest BCUT2D eigenvalue weighted by atomic mass is 16.6. The molecule has 0 saturated carbocycles. The molecule has 228 valence electrons. The van der Waals surface area contributed by atoms with Gasteiger partial charge >= 0.3 is 17.9 Å². The lowest BCUT2D eigenvalue weighted by Gasteiger charge is -2.17. The molecule has 0 amide bonds. The summed E-state index contributed by atoms with van der Waals surface area (Å²) >= 11 is 0. The molecule has 0 aliphatic heterocycles. The molecule has 0 fully saturated rings. The van der Waals surface area contributed by atoms with Gasteiger partial charge in [0.05, 0.1) is 12.8 Å². The first kappa shape index (κ1) is 37.6. The summed E-state index contributed by atoms with van der Waals surface area (Å²) in [6.07, 6.45) is 35.4. The number of esters is 3. The van der Waals surface area contributed by atoms with E-state index in [1.165, 1.54) is 0 Å². The maximum atomic E-state index is 12.4. The normalized spacial score (nSPS) is 13.1. The van der Waals surface area contributed by atoms with Gasteiger partial charge in [0.25, 0.3) is 0 Å². The van der Waals surface area contributed by atoms with E-state index >= 15 is 0 Å². The molecule has 0 bridgehead atoms.